The monoisotopic (exact) mass is 283 g/mol. The Morgan fingerprint density at radius 2 is 1.65 bits per heavy atom. The van der Waals surface area contributed by atoms with Crippen molar-refractivity contribution in [1.82, 2.24) is 0 Å². The van der Waals surface area contributed by atoms with Crippen LogP contribution in [0.1, 0.15) is 57.8 Å². The number of ether oxygens (including phenoxy) is 3. The summed E-state index contributed by atoms with van der Waals surface area (Å²) in [6.07, 6.45) is 10.0. The van der Waals surface area contributed by atoms with Gasteiger partial charge in [0.05, 0.1) is 12.2 Å². The van der Waals surface area contributed by atoms with Gasteiger partial charge in [0.15, 0.2) is 0 Å². The van der Waals surface area contributed by atoms with Crippen molar-refractivity contribution in [1.29, 1.82) is 5.26 Å². The normalized spacial score (nSPS) is 18.2. The molecule has 4 nitrogen and oxygen atoms in total. The zero-order valence-corrected chi connectivity index (χ0v) is 12.6. The molecule has 116 valence electrons. The van der Waals surface area contributed by atoms with Crippen LogP contribution in [0.2, 0.25) is 0 Å². The summed E-state index contributed by atoms with van der Waals surface area (Å²) in [7, 11) is 0. The van der Waals surface area contributed by atoms with Gasteiger partial charge < -0.3 is 14.2 Å². The van der Waals surface area contributed by atoms with Gasteiger partial charge in [-0.3, -0.25) is 0 Å². The molecular weight excluding hydrogens is 254 g/mol. The van der Waals surface area contributed by atoms with E-state index in [1.54, 1.807) is 0 Å². The van der Waals surface area contributed by atoms with Crippen LogP contribution < -0.4 is 0 Å². The molecule has 0 spiro atoms. The Bertz CT molecular complexity index is 247. The Morgan fingerprint density at radius 1 is 0.950 bits per heavy atom. The minimum atomic E-state index is 0.452. The van der Waals surface area contributed by atoms with E-state index in [4.69, 9.17) is 19.5 Å². The Morgan fingerprint density at radius 3 is 2.30 bits per heavy atom. The van der Waals surface area contributed by atoms with Gasteiger partial charge in [-0.05, 0) is 38.5 Å². The number of nitrogens with zero attached hydrogens (tertiary/aromatic N) is 1. The van der Waals surface area contributed by atoms with E-state index in [-0.39, 0.29) is 0 Å². The quantitative estimate of drug-likeness (QED) is 0.486. The van der Waals surface area contributed by atoms with Gasteiger partial charge in [-0.2, -0.15) is 5.26 Å². The highest BCUT2D eigenvalue weighted by molar-refractivity contribution is 4.67. The third-order valence-corrected chi connectivity index (χ3v) is 3.51. The van der Waals surface area contributed by atoms with Crippen LogP contribution >= 0.6 is 0 Å². The number of nitriles is 1. The first kappa shape index (κ1) is 17.4. The van der Waals surface area contributed by atoms with Crippen LogP contribution in [0.4, 0.5) is 0 Å². The summed E-state index contributed by atoms with van der Waals surface area (Å²) in [6, 6.07) is 2.12. The molecule has 1 aliphatic rings. The average Bonchev–Trinajstić information content (AvgIpc) is 2.97. The largest absolute Gasteiger partial charge is 0.381 e. The molecule has 0 aromatic carbocycles. The number of unbranched alkanes of at least 4 members (excludes halogenated alkanes) is 4. The zero-order valence-electron chi connectivity index (χ0n) is 12.6. The fourth-order valence-electron chi connectivity index (χ4n) is 2.31. The molecule has 1 saturated heterocycles. The molecule has 1 atom stereocenters. The van der Waals surface area contributed by atoms with Gasteiger partial charge in [0.25, 0.3) is 0 Å². The molecule has 1 unspecified atom stereocenters. The van der Waals surface area contributed by atoms with Gasteiger partial charge in [-0.1, -0.05) is 12.8 Å². The molecule has 1 aliphatic heterocycles. The molecule has 0 aromatic heterocycles. The molecule has 1 rings (SSSR count). The third kappa shape index (κ3) is 10.2. The zero-order chi connectivity index (χ0) is 14.3. The number of rotatable bonds is 13. The second-order valence-corrected chi connectivity index (χ2v) is 5.32. The van der Waals surface area contributed by atoms with Gasteiger partial charge in [0, 0.05) is 39.5 Å². The summed E-state index contributed by atoms with van der Waals surface area (Å²) >= 11 is 0. The molecule has 4 heteroatoms. The Hall–Kier alpha value is -0.630. The van der Waals surface area contributed by atoms with Gasteiger partial charge in [-0.15, -0.1) is 0 Å². The van der Waals surface area contributed by atoms with Gasteiger partial charge in [-0.25, -0.2) is 0 Å². The molecule has 0 saturated carbocycles. The maximum atomic E-state index is 8.36. The second-order valence-electron chi connectivity index (χ2n) is 5.32. The Kier molecular flexibility index (Phi) is 11.6. The molecule has 0 bridgehead atoms. The van der Waals surface area contributed by atoms with Crippen molar-refractivity contribution in [2.24, 2.45) is 0 Å². The summed E-state index contributed by atoms with van der Waals surface area (Å²) in [4.78, 5) is 0. The second kappa shape index (κ2) is 13.4. The first-order chi connectivity index (χ1) is 9.93. The molecule has 20 heavy (non-hydrogen) atoms. The third-order valence-electron chi connectivity index (χ3n) is 3.51. The molecule has 1 fully saturated rings. The van der Waals surface area contributed by atoms with Gasteiger partial charge in [0.2, 0.25) is 0 Å². The lowest BCUT2D eigenvalue weighted by Crippen LogP contribution is -2.09. The minimum absolute atomic E-state index is 0.452. The summed E-state index contributed by atoms with van der Waals surface area (Å²) < 4.78 is 16.6. The molecule has 0 amide bonds. The lowest BCUT2D eigenvalue weighted by atomic mass is 10.2. The van der Waals surface area contributed by atoms with Crippen LogP contribution in [0.25, 0.3) is 0 Å². The van der Waals surface area contributed by atoms with Crippen LogP contribution in [-0.4, -0.2) is 39.1 Å². The maximum absolute atomic E-state index is 8.36. The van der Waals surface area contributed by atoms with E-state index in [9.17, 15) is 0 Å². The lowest BCUT2D eigenvalue weighted by molar-refractivity contribution is 0.0579. The van der Waals surface area contributed by atoms with Gasteiger partial charge >= 0.3 is 0 Å². The van der Waals surface area contributed by atoms with Crippen LogP contribution in [0, 0.1) is 11.3 Å². The van der Waals surface area contributed by atoms with Crippen molar-refractivity contribution in [3.63, 3.8) is 0 Å². The first-order valence-corrected chi connectivity index (χ1v) is 8.07. The predicted molar refractivity (Wildman–Crippen MR) is 78.5 cm³/mol. The van der Waals surface area contributed by atoms with Crippen molar-refractivity contribution < 1.29 is 14.2 Å². The smallest absolute Gasteiger partial charge is 0.0622 e. The molecule has 0 radical (unpaired) electrons. The average molecular weight is 283 g/mol. The van der Waals surface area contributed by atoms with E-state index in [0.29, 0.717) is 12.5 Å². The Balaban J connectivity index is 1.67. The minimum Gasteiger partial charge on any atom is -0.381 e. The Labute approximate surface area is 123 Å². The summed E-state index contributed by atoms with van der Waals surface area (Å²) in [5.74, 6) is 0. The summed E-state index contributed by atoms with van der Waals surface area (Å²) in [5, 5.41) is 8.36. The fourth-order valence-corrected chi connectivity index (χ4v) is 2.31. The van der Waals surface area contributed by atoms with Crippen LogP contribution in [0.3, 0.4) is 0 Å². The highest BCUT2D eigenvalue weighted by Crippen LogP contribution is 2.15. The van der Waals surface area contributed by atoms with Gasteiger partial charge in [0.1, 0.15) is 0 Å². The number of hydrogen-bond donors (Lipinski definition) is 0. The van der Waals surface area contributed by atoms with Crippen LogP contribution in [0.15, 0.2) is 0 Å². The highest BCUT2D eigenvalue weighted by atomic mass is 16.5. The predicted octanol–water partition coefficient (Wildman–Crippen LogP) is 3.45. The van der Waals surface area contributed by atoms with E-state index in [1.165, 1.54) is 25.7 Å². The highest BCUT2D eigenvalue weighted by Gasteiger charge is 2.14. The molecule has 1 heterocycles. The van der Waals surface area contributed by atoms with Crippen molar-refractivity contribution in [2.45, 2.75) is 63.9 Å². The molecular formula is C16H29NO3. The summed E-state index contributed by atoms with van der Waals surface area (Å²) in [5.41, 5.74) is 0. The lowest BCUT2D eigenvalue weighted by Gasteiger charge is -2.09. The van der Waals surface area contributed by atoms with E-state index < -0.39 is 0 Å². The van der Waals surface area contributed by atoms with Crippen molar-refractivity contribution in [3.8, 4) is 6.07 Å². The van der Waals surface area contributed by atoms with E-state index in [2.05, 4.69) is 6.07 Å². The summed E-state index contributed by atoms with van der Waals surface area (Å²) in [6.45, 7) is 4.19. The SMILES string of the molecule is N#CCCCOCCCCCCOCCC1CCCO1. The molecule has 0 N–H and O–H groups in total. The van der Waals surface area contributed by atoms with E-state index in [0.717, 1.165) is 58.7 Å². The number of hydrogen-bond acceptors (Lipinski definition) is 4. The molecule has 0 aliphatic carbocycles. The van der Waals surface area contributed by atoms with Crippen molar-refractivity contribution >= 4 is 0 Å². The van der Waals surface area contributed by atoms with Crippen LogP contribution in [-0.2, 0) is 14.2 Å². The standard InChI is InChI=1S/C16H29NO3/c17-10-3-6-13-18-11-4-1-2-5-12-19-15-9-16-8-7-14-20-16/h16H,1-9,11-15H2. The maximum Gasteiger partial charge on any atom is 0.0622 e. The first-order valence-electron chi connectivity index (χ1n) is 8.07. The molecule has 0 aromatic rings. The van der Waals surface area contributed by atoms with Crippen LogP contribution in [0.5, 0.6) is 0 Å². The fraction of sp³-hybridized carbons (Fsp3) is 0.938. The topological polar surface area (TPSA) is 51.5 Å². The van der Waals surface area contributed by atoms with E-state index >= 15 is 0 Å². The van der Waals surface area contributed by atoms with E-state index in [1.807, 2.05) is 0 Å². The van der Waals surface area contributed by atoms with Crippen molar-refractivity contribution in [3.05, 3.63) is 0 Å². The van der Waals surface area contributed by atoms with Crippen molar-refractivity contribution in [2.75, 3.05) is 33.0 Å².